The summed E-state index contributed by atoms with van der Waals surface area (Å²) in [6, 6.07) is 14.8. The second kappa shape index (κ2) is 11.5. The van der Waals surface area contributed by atoms with Crippen LogP contribution in [0.1, 0.15) is 23.2 Å². The first-order valence-corrected chi connectivity index (χ1v) is 12.3. The fraction of sp³-hybridized carbons (Fsp3) is 0.391. The molecule has 166 valence electrons. The van der Waals surface area contributed by atoms with Crippen LogP contribution >= 0.6 is 24.4 Å². The molecule has 1 heterocycles. The average Bonchev–Trinajstić information content (AvgIpc) is 3.20. The molecule has 0 aliphatic carbocycles. The molecule has 3 rings (SSSR count). The molecule has 0 saturated carbocycles. The number of nitrogens with one attached hydrogen (secondary N) is 3. The van der Waals surface area contributed by atoms with Crippen molar-refractivity contribution in [3.63, 3.8) is 0 Å². The van der Waals surface area contributed by atoms with Gasteiger partial charge >= 0.3 is 5.97 Å². The van der Waals surface area contributed by atoms with Crippen LogP contribution in [0.25, 0.3) is 11.1 Å². The third-order valence-corrected chi connectivity index (χ3v) is 6.31. The molecule has 0 spiro atoms. The van der Waals surface area contributed by atoms with Gasteiger partial charge < -0.3 is 21.1 Å². The van der Waals surface area contributed by atoms with Crippen molar-refractivity contribution in [2.75, 3.05) is 30.4 Å². The van der Waals surface area contributed by atoms with E-state index in [1.807, 2.05) is 42.7 Å². The van der Waals surface area contributed by atoms with Gasteiger partial charge in [0.15, 0.2) is 0 Å². The molecule has 31 heavy (non-hydrogen) atoms. The lowest BCUT2D eigenvalue weighted by Crippen LogP contribution is -2.41. The van der Waals surface area contributed by atoms with E-state index in [0.29, 0.717) is 29.0 Å². The highest BCUT2D eigenvalue weighted by Crippen LogP contribution is 2.25. The third kappa shape index (κ3) is 6.92. The molecule has 2 aromatic carbocycles. The lowest BCUT2D eigenvalue weighted by molar-refractivity contribution is -0.139. The summed E-state index contributed by atoms with van der Waals surface area (Å²) in [5, 5.41) is 19.4. The Balaban J connectivity index is 1.82. The van der Waals surface area contributed by atoms with Crippen molar-refractivity contribution in [3.05, 3.63) is 54.1 Å². The average molecular weight is 460 g/mol. The summed E-state index contributed by atoms with van der Waals surface area (Å²) in [5.41, 5.74) is 3.16. The summed E-state index contributed by atoms with van der Waals surface area (Å²) in [6.45, 7) is 1.61. The minimum atomic E-state index is -1.02. The summed E-state index contributed by atoms with van der Waals surface area (Å²) in [7, 11) is 0. The number of carboxylic acid groups (broad SMARTS) is 1. The Morgan fingerprint density at radius 1 is 1.23 bits per heavy atom. The van der Waals surface area contributed by atoms with Gasteiger partial charge in [-0.15, -0.1) is 0 Å². The van der Waals surface area contributed by atoms with E-state index in [2.05, 4.69) is 28.6 Å². The number of carbonyl (C=O) groups excluding carboxylic acids is 1. The van der Waals surface area contributed by atoms with E-state index in [9.17, 15) is 14.7 Å². The number of thioether (sulfide) groups is 1. The lowest BCUT2D eigenvalue weighted by atomic mass is 10.0. The Morgan fingerprint density at radius 2 is 2.00 bits per heavy atom. The maximum atomic E-state index is 12.9. The molecule has 1 amide bonds. The van der Waals surface area contributed by atoms with Crippen LogP contribution in [0, 0.1) is 0 Å². The Bertz CT molecular complexity index is 895. The van der Waals surface area contributed by atoms with Gasteiger partial charge in [-0.2, -0.15) is 24.4 Å². The first-order chi connectivity index (χ1) is 15.0. The fourth-order valence-electron chi connectivity index (χ4n) is 3.59. The molecule has 6 nitrogen and oxygen atoms in total. The summed E-state index contributed by atoms with van der Waals surface area (Å²) >= 11 is 6.07. The van der Waals surface area contributed by atoms with Gasteiger partial charge in [0.25, 0.3) is 5.91 Å². The topological polar surface area (TPSA) is 90.5 Å². The first-order valence-electron chi connectivity index (χ1n) is 10.3. The third-order valence-electron chi connectivity index (χ3n) is 5.27. The zero-order chi connectivity index (χ0) is 22.2. The van der Waals surface area contributed by atoms with Crippen LogP contribution < -0.4 is 16.0 Å². The molecule has 0 unspecified atom stereocenters. The van der Waals surface area contributed by atoms with Crippen molar-refractivity contribution in [1.29, 1.82) is 0 Å². The fourth-order valence-corrected chi connectivity index (χ4v) is 4.42. The molecule has 1 aliphatic heterocycles. The largest absolute Gasteiger partial charge is 0.480 e. The standard InChI is InChI=1S/C23H29N3O3S2/c1-31-8-7-21(23(28)29)26-22(27)17-9-16(15-5-3-2-4-6-15)10-18(11-17)24-13-19-12-20(30)14-25-19/h2-6,9-11,19-21,24-25,30H,7-8,12-14H2,1H3,(H,26,27)(H,28,29)/t19-,20-,21-/m0/s1. The van der Waals surface area contributed by atoms with Crippen molar-refractivity contribution in [2.24, 2.45) is 0 Å². The molecule has 0 bridgehead atoms. The van der Waals surface area contributed by atoms with Crippen LogP contribution in [-0.4, -0.2) is 59.4 Å². The summed E-state index contributed by atoms with van der Waals surface area (Å²) < 4.78 is 0. The van der Waals surface area contributed by atoms with Crippen LogP contribution in [0.4, 0.5) is 5.69 Å². The maximum Gasteiger partial charge on any atom is 0.326 e. The monoisotopic (exact) mass is 459 g/mol. The number of hydrogen-bond donors (Lipinski definition) is 5. The van der Waals surface area contributed by atoms with Crippen molar-refractivity contribution < 1.29 is 14.7 Å². The van der Waals surface area contributed by atoms with Gasteiger partial charge in [0, 0.05) is 35.6 Å². The van der Waals surface area contributed by atoms with Crippen LogP contribution in [-0.2, 0) is 4.79 Å². The van der Waals surface area contributed by atoms with Crippen LogP contribution in [0.3, 0.4) is 0 Å². The molecular weight excluding hydrogens is 430 g/mol. The van der Waals surface area contributed by atoms with Gasteiger partial charge in [0.2, 0.25) is 0 Å². The molecule has 8 heteroatoms. The molecule has 3 atom stereocenters. The predicted molar refractivity (Wildman–Crippen MR) is 131 cm³/mol. The number of anilines is 1. The highest BCUT2D eigenvalue weighted by atomic mass is 32.2. The number of carboxylic acids is 1. The van der Waals surface area contributed by atoms with Crippen molar-refractivity contribution in [3.8, 4) is 11.1 Å². The lowest BCUT2D eigenvalue weighted by Gasteiger charge is -2.17. The van der Waals surface area contributed by atoms with E-state index >= 15 is 0 Å². The smallest absolute Gasteiger partial charge is 0.326 e. The summed E-state index contributed by atoms with van der Waals surface area (Å²) in [5.74, 6) is -0.744. The van der Waals surface area contributed by atoms with Crippen LogP contribution in [0.15, 0.2) is 48.5 Å². The van der Waals surface area contributed by atoms with Crippen molar-refractivity contribution in [2.45, 2.75) is 30.2 Å². The van der Waals surface area contributed by atoms with Gasteiger partial charge in [0.05, 0.1) is 0 Å². The van der Waals surface area contributed by atoms with Crippen LogP contribution in [0.2, 0.25) is 0 Å². The zero-order valence-corrected chi connectivity index (χ0v) is 19.2. The number of aliphatic carboxylic acids is 1. The highest BCUT2D eigenvalue weighted by molar-refractivity contribution is 7.98. The quantitative estimate of drug-likeness (QED) is 0.350. The number of hydrogen-bond acceptors (Lipinski definition) is 6. The van der Waals surface area contributed by atoms with Gasteiger partial charge in [-0.25, -0.2) is 4.79 Å². The summed E-state index contributed by atoms with van der Waals surface area (Å²) in [4.78, 5) is 24.5. The van der Waals surface area contributed by atoms with E-state index in [1.165, 1.54) is 0 Å². The SMILES string of the molecule is CSCC[C@H](NC(=O)c1cc(NC[C@@H]2C[C@H](S)CN2)cc(-c2ccccc2)c1)C(=O)O. The predicted octanol–water partition coefficient (Wildman–Crippen LogP) is 3.36. The van der Waals surface area contributed by atoms with Gasteiger partial charge in [-0.05, 0) is 54.2 Å². The molecule has 4 N–H and O–H groups in total. The molecular formula is C23H29N3O3S2. The van der Waals surface area contributed by atoms with Gasteiger partial charge in [0.1, 0.15) is 6.04 Å². The van der Waals surface area contributed by atoms with E-state index < -0.39 is 12.0 Å². The van der Waals surface area contributed by atoms with Crippen molar-refractivity contribution in [1.82, 2.24) is 10.6 Å². The number of carbonyl (C=O) groups is 2. The second-order valence-electron chi connectivity index (χ2n) is 7.69. The van der Waals surface area contributed by atoms with E-state index in [4.69, 9.17) is 0 Å². The molecule has 1 fully saturated rings. The zero-order valence-electron chi connectivity index (χ0n) is 17.5. The maximum absolute atomic E-state index is 12.9. The Hall–Kier alpha value is -2.16. The molecule has 0 aromatic heterocycles. The molecule has 1 saturated heterocycles. The molecule has 2 aromatic rings. The Labute approximate surface area is 193 Å². The number of benzene rings is 2. The molecule has 1 aliphatic rings. The normalized spacial score (nSPS) is 19.0. The Kier molecular flexibility index (Phi) is 8.69. The first kappa shape index (κ1) is 23.5. The number of rotatable bonds is 10. The van der Waals surface area contributed by atoms with Crippen LogP contribution in [0.5, 0.6) is 0 Å². The van der Waals surface area contributed by atoms with E-state index in [-0.39, 0.29) is 5.91 Å². The highest BCUT2D eigenvalue weighted by Gasteiger charge is 2.22. The van der Waals surface area contributed by atoms with Crippen molar-refractivity contribution >= 4 is 42.0 Å². The Morgan fingerprint density at radius 3 is 2.65 bits per heavy atom. The van der Waals surface area contributed by atoms with E-state index in [1.54, 1.807) is 23.9 Å². The number of amides is 1. The van der Waals surface area contributed by atoms with E-state index in [0.717, 1.165) is 36.3 Å². The minimum absolute atomic E-state index is 0.322. The molecule has 0 radical (unpaired) electrons. The number of thiol groups is 1. The minimum Gasteiger partial charge on any atom is -0.480 e. The second-order valence-corrected chi connectivity index (χ2v) is 9.40. The van der Waals surface area contributed by atoms with Gasteiger partial charge in [-0.1, -0.05) is 30.3 Å². The summed E-state index contributed by atoms with van der Waals surface area (Å²) in [6.07, 6.45) is 3.28. The van der Waals surface area contributed by atoms with Gasteiger partial charge in [-0.3, -0.25) is 4.79 Å².